The smallest absolute Gasteiger partial charge is 0.244 e. The van der Waals surface area contributed by atoms with Gasteiger partial charge in [-0.3, -0.25) is 13.9 Å². The van der Waals surface area contributed by atoms with Crippen LogP contribution in [0.4, 0.5) is 5.69 Å². The van der Waals surface area contributed by atoms with E-state index in [9.17, 15) is 18.0 Å². The standard InChI is InChI=1S/C29H33Cl2N3O4S/c1-20(2)32-29(36)27(17-22-10-6-5-7-11-22)33(18-23-13-14-25(30)26(31)16-23)28(35)19-34(39(4,37)38)24-12-8-9-21(3)15-24/h5-16,20,27H,17-19H2,1-4H3,(H,32,36)/t27-/m0/s1. The average molecular weight is 591 g/mol. The third-order valence-electron chi connectivity index (χ3n) is 6.01. The number of benzene rings is 3. The molecule has 0 bridgehead atoms. The van der Waals surface area contributed by atoms with Crippen molar-refractivity contribution in [1.82, 2.24) is 10.2 Å². The van der Waals surface area contributed by atoms with E-state index in [0.717, 1.165) is 21.7 Å². The van der Waals surface area contributed by atoms with Crippen LogP contribution < -0.4 is 9.62 Å². The van der Waals surface area contributed by atoms with Crippen LogP contribution in [0.5, 0.6) is 0 Å². The first kappa shape index (κ1) is 30.5. The minimum Gasteiger partial charge on any atom is -0.352 e. The van der Waals surface area contributed by atoms with Gasteiger partial charge in [-0.15, -0.1) is 0 Å². The monoisotopic (exact) mass is 589 g/mol. The zero-order valence-electron chi connectivity index (χ0n) is 22.4. The number of carbonyl (C=O) groups excluding carboxylic acids is 2. The number of halogens is 2. The molecule has 0 fully saturated rings. The molecule has 0 saturated heterocycles. The van der Waals surface area contributed by atoms with Gasteiger partial charge in [-0.25, -0.2) is 8.42 Å². The van der Waals surface area contributed by atoms with Crippen LogP contribution >= 0.6 is 23.2 Å². The Kier molecular flexibility index (Phi) is 10.4. The lowest BCUT2D eigenvalue weighted by Crippen LogP contribution is -2.54. The molecule has 1 N–H and O–H groups in total. The highest BCUT2D eigenvalue weighted by Crippen LogP contribution is 2.25. The van der Waals surface area contributed by atoms with Crippen LogP contribution in [0.3, 0.4) is 0 Å². The second-order valence-corrected chi connectivity index (χ2v) is 12.5. The highest BCUT2D eigenvalue weighted by molar-refractivity contribution is 7.92. The summed E-state index contributed by atoms with van der Waals surface area (Å²) in [4.78, 5) is 29.0. The second-order valence-electron chi connectivity index (χ2n) is 9.75. The molecule has 0 spiro atoms. The second kappa shape index (κ2) is 13.3. The molecular weight excluding hydrogens is 557 g/mol. The van der Waals surface area contributed by atoms with E-state index in [1.54, 1.807) is 36.4 Å². The first-order chi connectivity index (χ1) is 18.3. The maximum absolute atomic E-state index is 14.0. The SMILES string of the molecule is Cc1cccc(N(CC(=O)N(Cc2ccc(Cl)c(Cl)c2)[C@@H](Cc2ccccc2)C(=O)NC(C)C)S(C)(=O)=O)c1. The van der Waals surface area contributed by atoms with E-state index in [1.165, 1.54) is 4.90 Å². The van der Waals surface area contributed by atoms with Gasteiger partial charge < -0.3 is 10.2 Å². The summed E-state index contributed by atoms with van der Waals surface area (Å²) >= 11 is 12.4. The largest absolute Gasteiger partial charge is 0.352 e. The van der Waals surface area contributed by atoms with Gasteiger partial charge in [0, 0.05) is 19.0 Å². The van der Waals surface area contributed by atoms with Gasteiger partial charge in [0.25, 0.3) is 0 Å². The van der Waals surface area contributed by atoms with Crippen molar-refractivity contribution in [3.8, 4) is 0 Å². The third-order valence-corrected chi connectivity index (χ3v) is 7.89. The van der Waals surface area contributed by atoms with Gasteiger partial charge in [0.05, 0.1) is 22.0 Å². The molecule has 3 aromatic carbocycles. The maximum atomic E-state index is 14.0. The van der Waals surface area contributed by atoms with E-state index in [2.05, 4.69) is 5.32 Å². The Morgan fingerprint density at radius 1 is 0.897 bits per heavy atom. The first-order valence-corrected chi connectivity index (χ1v) is 15.1. The predicted molar refractivity (Wildman–Crippen MR) is 158 cm³/mol. The molecule has 0 radical (unpaired) electrons. The molecule has 10 heteroatoms. The summed E-state index contributed by atoms with van der Waals surface area (Å²) in [5.41, 5.74) is 2.72. The van der Waals surface area contributed by atoms with E-state index >= 15 is 0 Å². The summed E-state index contributed by atoms with van der Waals surface area (Å²) in [7, 11) is -3.83. The van der Waals surface area contributed by atoms with Crippen LogP contribution in [0.2, 0.25) is 10.0 Å². The number of sulfonamides is 1. The lowest BCUT2D eigenvalue weighted by Gasteiger charge is -2.34. The Labute approximate surface area is 240 Å². The number of hydrogen-bond donors (Lipinski definition) is 1. The molecule has 0 aliphatic heterocycles. The predicted octanol–water partition coefficient (Wildman–Crippen LogP) is 5.23. The number of nitrogens with one attached hydrogen (secondary N) is 1. The van der Waals surface area contributed by atoms with Crippen molar-refractivity contribution in [2.45, 2.75) is 45.8 Å². The van der Waals surface area contributed by atoms with E-state index in [0.29, 0.717) is 21.3 Å². The molecule has 0 aliphatic rings. The van der Waals surface area contributed by atoms with Crippen molar-refractivity contribution in [1.29, 1.82) is 0 Å². The third kappa shape index (κ3) is 8.71. The molecule has 208 valence electrons. The Balaban J connectivity index is 2.07. The van der Waals surface area contributed by atoms with E-state index in [1.807, 2.05) is 57.2 Å². The first-order valence-electron chi connectivity index (χ1n) is 12.5. The lowest BCUT2D eigenvalue weighted by atomic mass is 10.0. The highest BCUT2D eigenvalue weighted by Gasteiger charge is 2.33. The van der Waals surface area contributed by atoms with Gasteiger partial charge in [-0.1, -0.05) is 71.7 Å². The maximum Gasteiger partial charge on any atom is 0.244 e. The van der Waals surface area contributed by atoms with Crippen LogP contribution in [0, 0.1) is 6.92 Å². The van der Waals surface area contributed by atoms with Crippen molar-refractivity contribution in [2.24, 2.45) is 0 Å². The summed E-state index contributed by atoms with van der Waals surface area (Å²) in [5.74, 6) is -0.878. The fourth-order valence-electron chi connectivity index (χ4n) is 4.17. The van der Waals surface area contributed by atoms with Crippen LogP contribution in [0.25, 0.3) is 0 Å². The molecule has 39 heavy (non-hydrogen) atoms. The Hall–Kier alpha value is -3.07. The van der Waals surface area contributed by atoms with E-state index in [4.69, 9.17) is 23.2 Å². The highest BCUT2D eigenvalue weighted by atomic mass is 35.5. The average Bonchev–Trinajstić information content (AvgIpc) is 2.86. The molecule has 1 atom stereocenters. The molecule has 2 amide bonds. The molecule has 0 heterocycles. The van der Waals surface area contributed by atoms with Crippen molar-refractivity contribution < 1.29 is 18.0 Å². The number of amides is 2. The fourth-order valence-corrected chi connectivity index (χ4v) is 5.33. The molecule has 0 aromatic heterocycles. The molecule has 7 nitrogen and oxygen atoms in total. The Morgan fingerprint density at radius 2 is 1.59 bits per heavy atom. The van der Waals surface area contributed by atoms with Gasteiger partial charge >= 0.3 is 0 Å². The van der Waals surface area contributed by atoms with Crippen LogP contribution in [-0.4, -0.2) is 50.0 Å². The fraction of sp³-hybridized carbons (Fsp3) is 0.310. The number of aryl methyl sites for hydroxylation is 1. The summed E-state index contributed by atoms with van der Waals surface area (Å²) in [5, 5.41) is 3.59. The number of hydrogen-bond acceptors (Lipinski definition) is 4. The minimum atomic E-state index is -3.83. The zero-order chi connectivity index (χ0) is 28.7. The van der Waals surface area contributed by atoms with Crippen LogP contribution in [-0.2, 0) is 32.6 Å². The molecule has 3 rings (SSSR count). The van der Waals surface area contributed by atoms with Crippen molar-refractivity contribution in [3.05, 3.63) is 99.5 Å². The van der Waals surface area contributed by atoms with Crippen molar-refractivity contribution in [2.75, 3.05) is 17.1 Å². The van der Waals surface area contributed by atoms with Gasteiger partial charge in [0.2, 0.25) is 21.8 Å². The Bertz CT molecular complexity index is 1420. The van der Waals surface area contributed by atoms with E-state index in [-0.39, 0.29) is 24.9 Å². The van der Waals surface area contributed by atoms with Gasteiger partial charge in [0.15, 0.2) is 0 Å². The van der Waals surface area contributed by atoms with Crippen molar-refractivity contribution >= 4 is 50.7 Å². The normalized spacial score (nSPS) is 12.2. The topological polar surface area (TPSA) is 86.8 Å². The molecular formula is C29H33Cl2N3O4S. The molecule has 0 saturated carbocycles. The number of carbonyl (C=O) groups is 2. The summed E-state index contributed by atoms with van der Waals surface area (Å²) < 4.78 is 26.7. The summed E-state index contributed by atoms with van der Waals surface area (Å²) in [6, 6.07) is 20.2. The summed E-state index contributed by atoms with van der Waals surface area (Å²) in [6.07, 6.45) is 1.29. The van der Waals surface area contributed by atoms with Crippen LogP contribution in [0.1, 0.15) is 30.5 Å². The Morgan fingerprint density at radius 3 is 2.18 bits per heavy atom. The van der Waals surface area contributed by atoms with Gasteiger partial charge in [-0.05, 0) is 61.7 Å². The number of anilines is 1. The van der Waals surface area contributed by atoms with Gasteiger partial charge in [0.1, 0.15) is 12.6 Å². The zero-order valence-corrected chi connectivity index (χ0v) is 24.7. The molecule has 0 aliphatic carbocycles. The number of rotatable bonds is 11. The van der Waals surface area contributed by atoms with Crippen LogP contribution in [0.15, 0.2) is 72.8 Å². The minimum absolute atomic E-state index is 0.0180. The molecule has 3 aromatic rings. The molecule has 0 unspecified atom stereocenters. The number of nitrogens with zero attached hydrogens (tertiary/aromatic N) is 2. The van der Waals surface area contributed by atoms with Gasteiger partial charge in [-0.2, -0.15) is 0 Å². The quantitative estimate of drug-likeness (QED) is 0.331. The summed E-state index contributed by atoms with van der Waals surface area (Å²) in [6.45, 7) is 5.06. The van der Waals surface area contributed by atoms with Crippen molar-refractivity contribution in [3.63, 3.8) is 0 Å². The van der Waals surface area contributed by atoms with E-state index < -0.39 is 28.5 Å². The lowest BCUT2D eigenvalue weighted by molar-refractivity contribution is -0.140.